The molecule has 0 bridgehead atoms. The van der Waals surface area contributed by atoms with Crippen LogP contribution in [0, 0.1) is 6.92 Å². The van der Waals surface area contributed by atoms with Crippen LogP contribution in [-0.4, -0.2) is 18.4 Å². The number of halogens is 1. The lowest BCUT2D eigenvalue weighted by molar-refractivity contribution is -0.118. The molecule has 0 aliphatic rings. The van der Waals surface area contributed by atoms with Crippen LogP contribution in [0.15, 0.2) is 18.2 Å². The van der Waals surface area contributed by atoms with Gasteiger partial charge in [0.25, 0.3) is 0 Å². The second-order valence-electron chi connectivity index (χ2n) is 4.47. The van der Waals surface area contributed by atoms with E-state index in [1.807, 2.05) is 39.0 Å². The largest absolute Gasteiger partial charge is 0.314 e. The van der Waals surface area contributed by atoms with Gasteiger partial charge in [0.15, 0.2) is 0 Å². The molecule has 94 valence electrons. The second kappa shape index (κ2) is 6.77. The van der Waals surface area contributed by atoms with Crippen molar-refractivity contribution in [1.29, 1.82) is 0 Å². The normalized spacial score (nSPS) is 12.5. The van der Waals surface area contributed by atoms with E-state index in [0.29, 0.717) is 17.9 Å². The molecule has 0 radical (unpaired) electrons. The highest BCUT2D eigenvalue weighted by atomic mass is 35.5. The number of Topliss-reactive ketones (excluding diaryl/α,β-unsaturated/α-hetero) is 1. The van der Waals surface area contributed by atoms with Crippen molar-refractivity contribution >= 4 is 17.4 Å². The maximum absolute atomic E-state index is 11.8. The van der Waals surface area contributed by atoms with E-state index < -0.39 is 0 Å². The minimum absolute atomic E-state index is 0.226. The van der Waals surface area contributed by atoms with Crippen molar-refractivity contribution in [2.24, 2.45) is 0 Å². The highest BCUT2D eigenvalue weighted by molar-refractivity contribution is 6.31. The Bertz CT molecular complexity index is 390. The van der Waals surface area contributed by atoms with Crippen LogP contribution >= 0.6 is 11.6 Å². The summed E-state index contributed by atoms with van der Waals surface area (Å²) in [6.07, 6.45) is 0.979. The number of benzene rings is 1. The molecule has 0 saturated carbocycles. The first-order chi connectivity index (χ1) is 8.02. The van der Waals surface area contributed by atoms with E-state index in [-0.39, 0.29) is 11.8 Å². The molecule has 17 heavy (non-hydrogen) atoms. The monoisotopic (exact) mass is 253 g/mol. The quantitative estimate of drug-likeness (QED) is 0.844. The molecule has 0 spiro atoms. The van der Waals surface area contributed by atoms with Crippen molar-refractivity contribution in [1.82, 2.24) is 5.32 Å². The molecule has 1 aromatic rings. The Labute approximate surface area is 108 Å². The molecular weight excluding hydrogens is 234 g/mol. The average molecular weight is 254 g/mol. The van der Waals surface area contributed by atoms with Crippen LogP contribution in [0.25, 0.3) is 0 Å². The lowest BCUT2D eigenvalue weighted by Crippen LogP contribution is -2.28. The van der Waals surface area contributed by atoms with E-state index in [2.05, 4.69) is 5.32 Å². The van der Waals surface area contributed by atoms with E-state index in [4.69, 9.17) is 11.6 Å². The van der Waals surface area contributed by atoms with Gasteiger partial charge in [0.05, 0.1) is 0 Å². The third kappa shape index (κ3) is 4.88. The highest BCUT2D eigenvalue weighted by Gasteiger charge is 2.10. The van der Waals surface area contributed by atoms with Gasteiger partial charge in [-0.05, 0) is 37.6 Å². The van der Waals surface area contributed by atoms with Crippen LogP contribution in [0.1, 0.15) is 31.4 Å². The first-order valence-corrected chi connectivity index (χ1v) is 6.40. The van der Waals surface area contributed by atoms with Gasteiger partial charge in [0, 0.05) is 23.9 Å². The van der Waals surface area contributed by atoms with Crippen molar-refractivity contribution in [3.05, 3.63) is 34.3 Å². The minimum atomic E-state index is 0.226. The second-order valence-corrected chi connectivity index (χ2v) is 4.88. The molecule has 0 amide bonds. The Morgan fingerprint density at radius 3 is 2.76 bits per heavy atom. The summed E-state index contributed by atoms with van der Waals surface area (Å²) < 4.78 is 0. The lowest BCUT2D eigenvalue weighted by atomic mass is 10.0. The fraction of sp³-hybridized carbons (Fsp3) is 0.500. The molecule has 2 nitrogen and oxygen atoms in total. The fourth-order valence-electron chi connectivity index (χ4n) is 1.84. The SMILES string of the molecule is CCNC(C)CC(=O)Cc1ccc(C)cc1Cl. The van der Waals surface area contributed by atoms with Crippen molar-refractivity contribution in [2.45, 2.75) is 39.7 Å². The third-order valence-electron chi connectivity index (χ3n) is 2.68. The molecule has 1 N–H and O–H groups in total. The van der Waals surface area contributed by atoms with E-state index in [9.17, 15) is 4.79 Å². The average Bonchev–Trinajstić information content (AvgIpc) is 2.22. The molecule has 1 atom stereocenters. The Hall–Kier alpha value is -0.860. The lowest BCUT2D eigenvalue weighted by Gasteiger charge is -2.11. The smallest absolute Gasteiger partial charge is 0.138 e. The van der Waals surface area contributed by atoms with Gasteiger partial charge in [-0.25, -0.2) is 0 Å². The zero-order valence-electron chi connectivity index (χ0n) is 10.7. The van der Waals surface area contributed by atoms with Gasteiger partial charge >= 0.3 is 0 Å². The predicted molar refractivity (Wildman–Crippen MR) is 72.7 cm³/mol. The maximum atomic E-state index is 11.8. The first-order valence-electron chi connectivity index (χ1n) is 6.03. The number of hydrogen-bond donors (Lipinski definition) is 1. The molecule has 1 aromatic carbocycles. The Kier molecular flexibility index (Phi) is 5.66. The zero-order chi connectivity index (χ0) is 12.8. The zero-order valence-corrected chi connectivity index (χ0v) is 11.5. The number of carbonyl (C=O) groups is 1. The first kappa shape index (κ1) is 14.2. The van der Waals surface area contributed by atoms with Crippen molar-refractivity contribution < 1.29 is 4.79 Å². The molecule has 0 saturated heterocycles. The van der Waals surface area contributed by atoms with Gasteiger partial charge in [0.2, 0.25) is 0 Å². The number of ketones is 1. The minimum Gasteiger partial charge on any atom is -0.314 e. The van der Waals surface area contributed by atoms with Gasteiger partial charge in [-0.2, -0.15) is 0 Å². The molecular formula is C14H20ClNO. The van der Waals surface area contributed by atoms with Crippen LogP contribution in [0.3, 0.4) is 0 Å². The summed E-state index contributed by atoms with van der Waals surface area (Å²) in [5, 5.41) is 3.92. The summed E-state index contributed by atoms with van der Waals surface area (Å²) in [5.74, 6) is 0.226. The van der Waals surface area contributed by atoms with Crippen molar-refractivity contribution in [3.63, 3.8) is 0 Å². The standard InChI is InChI=1S/C14H20ClNO/c1-4-16-11(3)8-13(17)9-12-6-5-10(2)7-14(12)15/h5-7,11,16H,4,8-9H2,1-3H3. The summed E-state index contributed by atoms with van der Waals surface area (Å²) in [6, 6.07) is 6.06. The predicted octanol–water partition coefficient (Wildman–Crippen LogP) is 3.15. The maximum Gasteiger partial charge on any atom is 0.138 e. The van der Waals surface area contributed by atoms with Gasteiger partial charge in [0.1, 0.15) is 5.78 Å². The summed E-state index contributed by atoms with van der Waals surface area (Å²) >= 11 is 6.10. The molecule has 0 aromatic heterocycles. The Balaban J connectivity index is 2.56. The summed E-state index contributed by atoms with van der Waals surface area (Å²) in [5.41, 5.74) is 2.04. The number of rotatable bonds is 6. The van der Waals surface area contributed by atoms with E-state index in [1.54, 1.807) is 0 Å². The van der Waals surface area contributed by atoms with Crippen molar-refractivity contribution in [2.75, 3.05) is 6.54 Å². The van der Waals surface area contributed by atoms with Crippen LogP contribution < -0.4 is 5.32 Å². The molecule has 0 aliphatic carbocycles. The van der Waals surface area contributed by atoms with Gasteiger partial charge in [-0.1, -0.05) is 30.7 Å². The van der Waals surface area contributed by atoms with Crippen molar-refractivity contribution in [3.8, 4) is 0 Å². The number of nitrogens with one attached hydrogen (secondary N) is 1. The van der Waals surface area contributed by atoms with Crippen LogP contribution in [0.4, 0.5) is 0 Å². The van der Waals surface area contributed by atoms with Gasteiger partial charge in [-0.15, -0.1) is 0 Å². The van der Waals surface area contributed by atoms with Crippen LogP contribution in [0.5, 0.6) is 0 Å². The molecule has 0 fully saturated rings. The van der Waals surface area contributed by atoms with E-state index in [0.717, 1.165) is 17.7 Å². The highest BCUT2D eigenvalue weighted by Crippen LogP contribution is 2.18. The summed E-state index contributed by atoms with van der Waals surface area (Å²) in [7, 11) is 0. The molecule has 1 unspecified atom stereocenters. The third-order valence-corrected chi connectivity index (χ3v) is 3.03. The van der Waals surface area contributed by atoms with Gasteiger partial charge < -0.3 is 5.32 Å². The molecule has 0 heterocycles. The number of hydrogen-bond acceptors (Lipinski definition) is 2. The van der Waals surface area contributed by atoms with Crippen LogP contribution in [-0.2, 0) is 11.2 Å². The molecule has 0 aliphatic heterocycles. The van der Waals surface area contributed by atoms with Gasteiger partial charge in [-0.3, -0.25) is 4.79 Å². The summed E-state index contributed by atoms with van der Waals surface area (Å²) in [4.78, 5) is 11.8. The van der Waals surface area contributed by atoms with E-state index in [1.165, 1.54) is 0 Å². The molecule has 1 rings (SSSR count). The molecule has 3 heteroatoms. The topological polar surface area (TPSA) is 29.1 Å². The Morgan fingerprint density at radius 1 is 1.47 bits per heavy atom. The van der Waals surface area contributed by atoms with E-state index >= 15 is 0 Å². The summed E-state index contributed by atoms with van der Waals surface area (Å²) in [6.45, 7) is 6.94. The number of aryl methyl sites for hydroxylation is 1. The fourth-order valence-corrected chi connectivity index (χ4v) is 2.14. The Morgan fingerprint density at radius 2 is 2.18 bits per heavy atom. The van der Waals surface area contributed by atoms with Crippen LogP contribution in [0.2, 0.25) is 5.02 Å². The number of carbonyl (C=O) groups excluding carboxylic acids is 1.